The number of hydrogen-bond donors (Lipinski definition) is 2. The van der Waals surface area contributed by atoms with Crippen LogP contribution in [0.1, 0.15) is 15.9 Å². The highest BCUT2D eigenvalue weighted by atomic mass is 16.6. The van der Waals surface area contributed by atoms with E-state index >= 15 is 0 Å². The van der Waals surface area contributed by atoms with Gasteiger partial charge in [-0.1, -0.05) is 18.2 Å². The van der Waals surface area contributed by atoms with E-state index in [1.54, 1.807) is 18.2 Å². The first-order valence-electron chi connectivity index (χ1n) is 8.55. The van der Waals surface area contributed by atoms with Crippen molar-refractivity contribution in [1.82, 2.24) is 9.97 Å². The van der Waals surface area contributed by atoms with E-state index in [4.69, 9.17) is 9.47 Å². The largest absolute Gasteiger partial charge is 0.486 e. The van der Waals surface area contributed by atoms with Gasteiger partial charge in [0.05, 0.1) is 5.56 Å². The van der Waals surface area contributed by atoms with Crippen LogP contribution in [0.15, 0.2) is 54.9 Å². The Bertz CT molecular complexity index is 973. The molecule has 0 unspecified atom stereocenters. The number of aryl methyl sites for hydroxylation is 1. The second-order valence-electron chi connectivity index (χ2n) is 6.05. The number of benzene rings is 2. The number of anilines is 3. The van der Waals surface area contributed by atoms with Gasteiger partial charge in [-0.2, -0.15) is 0 Å². The van der Waals surface area contributed by atoms with Crippen LogP contribution in [0.3, 0.4) is 0 Å². The summed E-state index contributed by atoms with van der Waals surface area (Å²) in [5.74, 6) is 1.43. The Morgan fingerprint density at radius 1 is 1.00 bits per heavy atom. The molecular formula is C20H18N4O3. The molecule has 1 aliphatic heterocycles. The zero-order chi connectivity index (χ0) is 18.6. The van der Waals surface area contributed by atoms with Crippen molar-refractivity contribution in [1.29, 1.82) is 0 Å². The summed E-state index contributed by atoms with van der Waals surface area (Å²) in [6, 6.07) is 13.1. The highest BCUT2D eigenvalue weighted by molar-refractivity contribution is 6.04. The first kappa shape index (κ1) is 16.8. The zero-order valence-electron chi connectivity index (χ0n) is 14.7. The Balaban J connectivity index is 1.44. The molecule has 0 radical (unpaired) electrons. The standard InChI is InChI=1S/C20H18N4O3/c1-13-4-2-3-5-16(13)24-20-21-11-14(12-22-20)19(25)23-15-6-7-17-18(10-15)27-9-8-26-17/h2-7,10-12H,8-9H2,1H3,(H,23,25)(H,21,22,24). The molecule has 1 aliphatic rings. The number of carbonyl (C=O) groups is 1. The summed E-state index contributed by atoms with van der Waals surface area (Å²) in [5, 5.41) is 5.95. The van der Waals surface area contributed by atoms with Gasteiger partial charge in [-0.05, 0) is 30.7 Å². The van der Waals surface area contributed by atoms with Gasteiger partial charge in [-0.3, -0.25) is 4.79 Å². The van der Waals surface area contributed by atoms with Crippen LogP contribution in [-0.4, -0.2) is 29.1 Å². The molecule has 27 heavy (non-hydrogen) atoms. The summed E-state index contributed by atoms with van der Waals surface area (Å²) in [5.41, 5.74) is 2.99. The Labute approximate surface area is 156 Å². The van der Waals surface area contributed by atoms with Crippen molar-refractivity contribution in [2.45, 2.75) is 6.92 Å². The Hall–Kier alpha value is -3.61. The number of carbonyl (C=O) groups excluding carboxylic acids is 1. The SMILES string of the molecule is Cc1ccccc1Nc1ncc(C(=O)Nc2ccc3c(c2)OCCO3)cn1. The van der Waals surface area contributed by atoms with Crippen LogP contribution in [0.4, 0.5) is 17.3 Å². The molecule has 2 heterocycles. The Kier molecular flexibility index (Phi) is 4.57. The number of hydrogen-bond acceptors (Lipinski definition) is 6. The van der Waals surface area contributed by atoms with Crippen molar-refractivity contribution in [3.05, 3.63) is 66.0 Å². The predicted molar refractivity (Wildman–Crippen MR) is 102 cm³/mol. The fourth-order valence-corrected chi connectivity index (χ4v) is 2.67. The van der Waals surface area contributed by atoms with E-state index in [0.717, 1.165) is 11.3 Å². The van der Waals surface area contributed by atoms with E-state index in [1.165, 1.54) is 12.4 Å². The lowest BCUT2D eigenvalue weighted by atomic mass is 10.2. The minimum atomic E-state index is -0.297. The first-order valence-corrected chi connectivity index (χ1v) is 8.55. The van der Waals surface area contributed by atoms with Crippen LogP contribution >= 0.6 is 0 Å². The van der Waals surface area contributed by atoms with Gasteiger partial charge in [0.25, 0.3) is 5.91 Å². The molecule has 7 nitrogen and oxygen atoms in total. The van der Waals surface area contributed by atoms with Gasteiger partial charge >= 0.3 is 0 Å². The third-order valence-electron chi connectivity index (χ3n) is 4.11. The molecule has 3 aromatic rings. The highest BCUT2D eigenvalue weighted by Gasteiger charge is 2.14. The zero-order valence-corrected chi connectivity index (χ0v) is 14.7. The third kappa shape index (κ3) is 3.82. The van der Waals surface area contributed by atoms with Crippen LogP contribution in [-0.2, 0) is 0 Å². The molecule has 136 valence electrons. The maximum atomic E-state index is 12.4. The van der Waals surface area contributed by atoms with E-state index in [1.807, 2.05) is 31.2 Å². The predicted octanol–water partition coefficient (Wildman–Crippen LogP) is 3.55. The number of nitrogens with zero attached hydrogens (tertiary/aromatic N) is 2. The highest BCUT2D eigenvalue weighted by Crippen LogP contribution is 2.32. The summed E-state index contributed by atoms with van der Waals surface area (Å²) in [6.07, 6.45) is 2.97. The van der Waals surface area contributed by atoms with E-state index in [-0.39, 0.29) is 5.91 Å². The molecule has 7 heteroatoms. The Morgan fingerprint density at radius 3 is 2.52 bits per heavy atom. The molecule has 0 aliphatic carbocycles. The summed E-state index contributed by atoms with van der Waals surface area (Å²) in [4.78, 5) is 20.9. The van der Waals surface area contributed by atoms with E-state index in [0.29, 0.717) is 41.9 Å². The van der Waals surface area contributed by atoms with Crippen LogP contribution < -0.4 is 20.1 Å². The average Bonchev–Trinajstić information content (AvgIpc) is 2.70. The normalized spacial score (nSPS) is 12.3. The molecular weight excluding hydrogens is 344 g/mol. The minimum Gasteiger partial charge on any atom is -0.486 e. The van der Waals surface area contributed by atoms with E-state index in [2.05, 4.69) is 20.6 Å². The van der Waals surface area contributed by atoms with Crippen LogP contribution in [0.5, 0.6) is 11.5 Å². The van der Waals surface area contributed by atoms with Crippen molar-refractivity contribution >= 4 is 23.2 Å². The van der Waals surface area contributed by atoms with Gasteiger partial charge in [0, 0.05) is 29.8 Å². The smallest absolute Gasteiger partial charge is 0.258 e. The quantitative estimate of drug-likeness (QED) is 0.738. The maximum Gasteiger partial charge on any atom is 0.258 e. The molecule has 0 spiro atoms. The van der Waals surface area contributed by atoms with Gasteiger partial charge in [0.15, 0.2) is 11.5 Å². The van der Waals surface area contributed by atoms with Crippen molar-refractivity contribution in [3.8, 4) is 11.5 Å². The molecule has 0 bridgehead atoms. The molecule has 2 aromatic carbocycles. The second kappa shape index (κ2) is 7.33. The number of amides is 1. The van der Waals surface area contributed by atoms with Gasteiger partial charge < -0.3 is 20.1 Å². The lowest BCUT2D eigenvalue weighted by molar-refractivity contribution is 0.102. The van der Waals surface area contributed by atoms with Gasteiger partial charge in [-0.25, -0.2) is 9.97 Å². The van der Waals surface area contributed by atoms with Crippen molar-refractivity contribution < 1.29 is 14.3 Å². The number of aromatic nitrogens is 2. The third-order valence-corrected chi connectivity index (χ3v) is 4.11. The maximum absolute atomic E-state index is 12.4. The number of fused-ring (bicyclic) bond motifs is 1. The van der Waals surface area contributed by atoms with Crippen LogP contribution in [0, 0.1) is 6.92 Å². The van der Waals surface area contributed by atoms with Crippen molar-refractivity contribution in [2.24, 2.45) is 0 Å². The number of para-hydroxylation sites is 1. The van der Waals surface area contributed by atoms with E-state index < -0.39 is 0 Å². The Morgan fingerprint density at radius 2 is 1.74 bits per heavy atom. The fourth-order valence-electron chi connectivity index (χ4n) is 2.67. The first-order chi connectivity index (χ1) is 13.2. The van der Waals surface area contributed by atoms with Crippen molar-refractivity contribution in [2.75, 3.05) is 23.8 Å². The number of nitrogens with one attached hydrogen (secondary N) is 2. The molecule has 0 saturated carbocycles. The molecule has 2 N–H and O–H groups in total. The molecule has 1 aromatic heterocycles. The molecule has 0 atom stereocenters. The van der Waals surface area contributed by atoms with Gasteiger partial charge in [0.1, 0.15) is 13.2 Å². The number of ether oxygens (including phenoxy) is 2. The molecule has 0 saturated heterocycles. The summed E-state index contributed by atoms with van der Waals surface area (Å²) >= 11 is 0. The topological polar surface area (TPSA) is 85.4 Å². The minimum absolute atomic E-state index is 0.297. The lowest BCUT2D eigenvalue weighted by Crippen LogP contribution is -2.16. The van der Waals surface area contributed by atoms with Crippen molar-refractivity contribution in [3.63, 3.8) is 0 Å². The molecule has 4 rings (SSSR count). The summed E-state index contributed by atoms with van der Waals surface area (Å²) in [7, 11) is 0. The fraction of sp³-hybridized carbons (Fsp3) is 0.150. The summed E-state index contributed by atoms with van der Waals surface area (Å²) in [6.45, 7) is 3.02. The molecule has 1 amide bonds. The molecule has 0 fully saturated rings. The lowest BCUT2D eigenvalue weighted by Gasteiger charge is -2.19. The van der Waals surface area contributed by atoms with Crippen LogP contribution in [0.2, 0.25) is 0 Å². The second-order valence-corrected chi connectivity index (χ2v) is 6.05. The van der Waals surface area contributed by atoms with Gasteiger partial charge in [-0.15, -0.1) is 0 Å². The van der Waals surface area contributed by atoms with Crippen LogP contribution in [0.25, 0.3) is 0 Å². The summed E-state index contributed by atoms with van der Waals surface area (Å²) < 4.78 is 11.0. The monoisotopic (exact) mass is 362 g/mol. The number of rotatable bonds is 4. The average molecular weight is 362 g/mol. The van der Waals surface area contributed by atoms with Gasteiger partial charge in [0.2, 0.25) is 5.95 Å². The van der Waals surface area contributed by atoms with E-state index in [9.17, 15) is 4.79 Å².